The first-order valence-electron chi connectivity index (χ1n) is 7.08. The second-order valence-electron chi connectivity index (χ2n) is 6.52. The summed E-state index contributed by atoms with van der Waals surface area (Å²) in [6, 6.07) is 0. The Morgan fingerprint density at radius 3 is 2.68 bits per heavy atom. The van der Waals surface area contributed by atoms with E-state index in [-0.39, 0.29) is 16.8 Å². The molecule has 1 rings (SSSR count). The molecule has 0 aliphatic carbocycles. The Labute approximate surface area is 122 Å². The topological polar surface area (TPSA) is 47.9 Å². The molecule has 0 unspecified atom stereocenters. The monoisotopic (exact) mass is 287 g/mol. The highest BCUT2D eigenvalue weighted by Crippen LogP contribution is 2.29. The number of guanidine groups is 1. The van der Waals surface area contributed by atoms with Gasteiger partial charge in [-0.15, -0.1) is 0 Å². The molecule has 0 aromatic carbocycles. The Bertz CT molecular complexity index is 316. The van der Waals surface area contributed by atoms with Crippen LogP contribution in [0.5, 0.6) is 0 Å². The molecule has 1 fully saturated rings. The molecule has 0 bridgehead atoms. The lowest BCUT2D eigenvalue weighted by atomic mass is 9.95. The first kappa shape index (κ1) is 16.6. The van der Waals surface area contributed by atoms with E-state index in [0.717, 1.165) is 31.3 Å². The largest absolute Gasteiger partial charge is 0.396 e. The number of hydrogen-bond donors (Lipinski definition) is 2. The molecule has 0 saturated carbocycles. The molecule has 1 aliphatic heterocycles. The van der Waals surface area contributed by atoms with E-state index in [4.69, 9.17) is 4.99 Å². The van der Waals surface area contributed by atoms with Crippen LogP contribution in [0, 0.1) is 5.41 Å². The van der Waals surface area contributed by atoms with Crippen LogP contribution in [-0.4, -0.2) is 59.3 Å². The van der Waals surface area contributed by atoms with Crippen molar-refractivity contribution in [2.75, 3.05) is 38.5 Å². The maximum atomic E-state index is 9.32. The zero-order chi connectivity index (χ0) is 14.5. The van der Waals surface area contributed by atoms with Gasteiger partial charge in [0.05, 0.1) is 6.54 Å². The third-order valence-electron chi connectivity index (χ3n) is 3.14. The summed E-state index contributed by atoms with van der Waals surface area (Å²) in [6.07, 6.45) is 0. The molecular weight excluding hydrogens is 258 g/mol. The lowest BCUT2D eigenvalue weighted by Crippen LogP contribution is -2.51. The van der Waals surface area contributed by atoms with E-state index in [1.54, 1.807) is 0 Å². The average molecular weight is 287 g/mol. The van der Waals surface area contributed by atoms with E-state index < -0.39 is 0 Å². The minimum absolute atomic E-state index is 0.152. The van der Waals surface area contributed by atoms with Crippen molar-refractivity contribution in [2.24, 2.45) is 10.4 Å². The van der Waals surface area contributed by atoms with Crippen molar-refractivity contribution >= 4 is 17.7 Å². The number of thioether (sulfide) groups is 1. The molecule has 0 aromatic heterocycles. The average Bonchev–Trinajstić information content (AvgIpc) is 2.33. The molecule has 112 valence electrons. The standard InChI is InChI=1S/C14H29N3OS/c1-6-15-12(16-9-13(2,3)11-18)17-7-8-19-14(4,5)10-17/h18H,6-11H2,1-5H3,(H,15,16). The summed E-state index contributed by atoms with van der Waals surface area (Å²) in [5.74, 6) is 2.12. The molecule has 1 heterocycles. The fraction of sp³-hybridized carbons (Fsp3) is 0.929. The van der Waals surface area contributed by atoms with Crippen LogP contribution in [0.25, 0.3) is 0 Å². The van der Waals surface area contributed by atoms with Gasteiger partial charge in [-0.2, -0.15) is 11.8 Å². The van der Waals surface area contributed by atoms with E-state index in [2.05, 4.69) is 31.0 Å². The Kier molecular flexibility index (Phi) is 5.99. The molecule has 0 radical (unpaired) electrons. The van der Waals surface area contributed by atoms with Crippen molar-refractivity contribution in [1.82, 2.24) is 10.2 Å². The summed E-state index contributed by atoms with van der Waals surface area (Å²) in [7, 11) is 0. The fourth-order valence-corrected chi connectivity index (χ4v) is 3.07. The third-order valence-corrected chi connectivity index (χ3v) is 4.44. The molecule has 0 amide bonds. The number of hydrogen-bond acceptors (Lipinski definition) is 3. The summed E-state index contributed by atoms with van der Waals surface area (Å²) < 4.78 is 0.279. The van der Waals surface area contributed by atoms with E-state index in [1.807, 2.05) is 25.6 Å². The van der Waals surface area contributed by atoms with E-state index >= 15 is 0 Å². The first-order chi connectivity index (χ1) is 8.79. The van der Waals surface area contributed by atoms with Crippen LogP contribution in [-0.2, 0) is 0 Å². The minimum atomic E-state index is -0.152. The van der Waals surface area contributed by atoms with Crippen LogP contribution in [0.4, 0.5) is 0 Å². The van der Waals surface area contributed by atoms with E-state index in [0.29, 0.717) is 6.54 Å². The summed E-state index contributed by atoms with van der Waals surface area (Å²) in [4.78, 5) is 7.05. The second-order valence-corrected chi connectivity index (χ2v) is 8.32. The van der Waals surface area contributed by atoms with Crippen LogP contribution in [0.2, 0.25) is 0 Å². The number of aliphatic hydroxyl groups is 1. The third kappa shape index (κ3) is 5.61. The number of aliphatic hydroxyl groups excluding tert-OH is 1. The van der Waals surface area contributed by atoms with Gasteiger partial charge in [-0.1, -0.05) is 13.8 Å². The molecule has 0 atom stereocenters. The molecular formula is C14H29N3OS. The summed E-state index contributed by atoms with van der Waals surface area (Å²) >= 11 is 2.02. The Morgan fingerprint density at radius 2 is 2.16 bits per heavy atom. The maximum Gasteiger partial charge on any atom is 0.194 e. The Balaban J connectivity index is 2.73. The van der Waals surface area contributed by atoms with Gasteiger partial charge < -0.3 is 15.3 Å². The van der Waals surface area contributed by atoms with Gasteiger partial charge in [0.1, 0.15) is 0 Å². The van der Waals surface area contributed by atoms with Crippen LogP contribution in [0.3, 0.4) is 0 Å². The molecule has 4 nitrogen and oxygen atoms in total. The fourth-order valence-electron chi connectivity index (χ4n) is 1.96. The van der Waals surface area contributed by atoms with Gasteiger partial charge in [0.15, 0.2) is 5.96 Å². The molecule has 0 aromatic rings. The van der Waals surface area contributed by atoms with Crippen LogP contribution in [0.1, 0.15) is 34.6 Å². The van der Waals surface area contributed by atoms with Crippen molar-refractivity contribution in [1.29, 1.82) is 0 Å². The molecule has 19 heavy (non-hydrogen) atoms. The predicted octanol–water partition coefficient (Wildman–Crippen LogP) is 1.80. The number of rotatable bonds is 4. The maximum absolute atomic E-state index is 9.32. The first-order valence-corrected chi connectivity index (χ1v) is 8.06. The molecule has 5 heteroatoms. The van der Waals surface area contributed by atoms with Crippen molar-refractivity contribution < 1.29 is 5.11 Å². The minimum Gasteiger partial charge on any atom is -0.396 e. The SMILES string of the molecule is CCNC(=NCC(C)(C)CO)N1CCSC(C)(C)C1. The smallest absolute Gasteiger partial charge is 0.194 e. The zero-order valence-electron chi connectivity index (χ0n) is 13.0. The van der Waals surface area contributed by atoms with Crippen LogP contribution in [0.15, 0.2) is 4.99 Å². The van der Waals surface area contributed by atoms with E-state index in [9.17, 15) is 5.11 Å². The van der Waals surface area contributed by atoms with Gasteiger partial charge in [-0.3, -0.25) is 4.99 Å². The highest BCUT2D eigenvalue weighted by atomic mass is 32.2. The number of nitrogens with one attached hydrogen (secondary N) is 1. The predicted molar refractivity (Wildman–Crippen MR) is 85.0 cm³/mol. The van der Waals surface area contributed by atoms with Crippen LogP contribution < -0.4 is 5.32 Å². The number of nitrogens with zero attached hydrogens (tertiary/aromatic N) is 2. The molecule has 1 aliphatic rings. The normalized spacial score (nSPS) is 20.5. The van der Waals surface area contributed by atoms with Crippen molar-refractivity contribution in [3.05, 3.63) is 0 Å². The van der Waals surface area contributed by atoms with Crippen molar-refractivity contribution in [3.8, 4) is 0 Å². The van der Waals surface area contributed by atoms with Gasteiger partial charge in [0.25, 0.3) is 0 Å². The van der Waals surface area contributed by atoms with Gasteiger partial charge in [-0.05, 0) is 20.8 Å². The van der Waals surface area contributed by atoms with Crippen LogP contribution >= 0.6 is 11.8 Å². The lowest BCUT2D eigenvalue weighted by Gasteiger charge is -2.39. The van der Waals surface area contributed by atoms with Crippen molar-refractivity contribution in [3.63, 3.8) is 0 Å². The quantitative estimate of drug-likeness (QED) is 0.611. The molecule has 0 spiro atoms. The summed E-state index contributed by atoms with van der Waals surface area (Å²) in [5.41, 5.74) is -0.152. The van der Waals surface area contributed by atoms with Gasteiger partial charge >= 0.3 is 0 Å². The molecule has 2 N–H and O–H groups in total. The summed E-state index contributed by atoms with van der Waals surface area (Å²) in [6.45, 7) is 14.5. The summed E-state index contributed by atoms with van der Waals surface area (Å²) in [5, 5.41) is 12.7. The highest BCUT2D eigenvalue weighted by molar-refractivity contribution is 8.00. The van der Waals surface area contributed by atoms with E-state index in [1.165, 1.54) is 0 Å². The number of aliphatic imine (C=N–C) groups is 1. The highest BCUT2D eigenvalue weighted by Gasteiger charge is 2.29. The lowest BCUT2D eigenvalue weighted by molar-refractivity contribution is 0.166. The van der Waals surface area contributed by atoms with Crippen molar-refractivity contribution in [2.45, 2.75) is 39.4 Å². The zero-order valence-corrected chi connectivity index (χ0v) is 13.8. The second kappa shape index (κ2) is 6.84. The van der Waals surface area contributed by atoms with Gasteiger partial charge in [0, 0.05) is 42.2 Å². The Hall–Kier alpha value is -0.420. The van der Waals surface area contributed by atoms with Gasteiger partial charge in [0.2, 0.25) is 0 Å². The van der Waals surface area contributed by atoms with Gasteiger partial charge in [-0.25, -0.2) is 0 Å². The Morgan fingerprint density at radius 1 is 1.47 bits per heavy atom. The molecule has 1 saturated heterocycles.